The third-order valence-electron chi connectivity index (χ3n) is 4.65. The lowest BCUT2D eigenvalue weighted by Gasteiger charge is -2.40. The van der Waals surface area contributed by atoms with Gasteiger partial charge in [0.05, 0.1) is 11.9 Å². The first kappa shape index (κ1) is 12.9. The number of aromatic nitrogens is 1. The summed E-state index contributed by atoms with van der Waals surface area (Å²) < 4.78 is 0. The highest BCUT2D eigenvalue weighted by molar-refractivity contribution is 5.46. The molecule has 0 aromatic carbocycles. The minimum atomic E-state index is 0.676. The van der Waals surface area contributed by atoms with Gasteiger partial charge in [-0.25, -0.2) is 0 Å². The van der Waals surface area contributed by atoms with Crippen LogP contribution in [0.3, 0.4) is 0 Å². The van der Waals surface area contributed by atoms with Crippen molar-refractivity contribution in [3.05, 3.63) is 24.0 Å². The lowest BCUT2D eigenvalue weighted by atomic mass is 9.83. The van der Waals surface area contributed by atoms with Gasteiger partial charge < -0.3 is 10.2 Å². The van der Waals surface area contributed by atoms with Gasteiger partial charge in [-0.05, 0) is 37.3 Å². The highest BCUT2D eigenvalue weighted by Gasteiger charge is 2.28. The summed E-state index contributed by atoms with van der Waals surface area (Å²) in [5, 5.41) is 3.74. The number of aryl methyl sites for hydroxylation is 1. The van der Waals surface area contributed by atoms with Gasteiger partial charge in [0.25, 0.3) is 0 Å². The van der Waals surface area contributed by atoms with E-state index in [4.69, 9.17) is 0 Å². The molecule has 3 nitrogen and oxygen atoms in total. The van der Waals surface area contributed by atoms with Gasteiger partial charge in [-0.2, -0.15) is 0 Å². The van der Waals surface area contributed by atoms with E-state index in [9.17, 15) is 0 Å². The number of nitrogens with one attached hydrogen (secondary N) is 1. The molecule has 0 amide bonds. The van der Waals surface area contributed by atoms with Crippen molar-refractivity contribution in [1.82, 2.24) is 10.3 Å². The minimum absolute atomic E-state index is 0.676. The molecule has 0 radical (unpaired) electrons. The van der Waals surface area contributed by atoms with Crippen LogP contribution < -0.4 is 10.2 Å². The summed E-state index contributed by atoms with van der Waals surface area (Å²) in [4.78, 5) is 6.84. The molecule has 1 saturated heterocycles. The molecule has 1 aromatic heterocycles. The summed E-state index contributed by atoms with van der Waals surface area (Å²) >= 11 is 0. The fraction of sp³-hybridized carbons (Fsp3) is 0.688. The number of hydrogen-bond acceptors (Lipinski definition) is 3. The number of rotatable bonds is 2. The first-order chi connectivity index (χ1) is 9.33. The average Bonchev–Trinajstić information content (AvgIpc) is 2.48. The van der Waals surface area contributed by atoms with E-state index in [0.29, 0.717) is 6.04 Å². The van der Waals surface area contributed by atoms with Crippen LogP contribution in [0.2, 0.25) is 0 Å². The summed E-state index contributed by atoms with van der Waals surface area (Å²) in [5.74, 6) is 0.884. The second-order valence-electron chi connectivity index (χ2n) is 6.13. The van der Waals surface area contributed by atoms with Crippen LogP contribution in [0.15, 0.2) is 18.5 Å². The molecular formula is C16H25N3. The topological polar surface area (TPSA) is 28.2 Å². The lowest BCUT2D eigenvalue weighted by Crippen LogP contribution is -2.54. The zero-order valence-electron chi connectivity index (χ0n) is 11.9. The Labute approximate surface area is 116 Å². The summed E-state index contributed by atoms with van der Waals surface area (Å²) in [5.41, 5.74) is 2.55. The molecule has 19 heavy (non-hydrogen) atoms. The van der Waals surface area contributed by atoms with Gasteiger partial charge in [0.1, 0.15) is 0 Å². The maximum absolute atomic E-state index is 4.33. The molecular weight excluding hydrogens is 234 g/mol. The number of piperazine rings is 1. The standard InChI is InChI=1S/C16H25N3/c1-13-9-15(11-17-10-13)19-8-7-18-16(12-19)14-5-3-2-4-6-14/h9-11,14,16,18H,2-8,12H2,1H3. The molecule has 2 fully saturated rings. The Bertz CT molecular complexity index is 412. The first-order valence-electron chi connectivity index (χ1n) is 7.73. The zero-order chi connectivity index (χ0) is 13.1. The van der Waals surface area contributed by atoms with Crippen molar-refractivity contribution in [3.63, 3.8) is 0 Å². The molecule has 1 aliphatic carbocycles. The molecule has 0 bridgehead atoms. The van der Waals surface area contributed by atoms with Crippen molar-refractivity contribution in [1.29, 1.82) is 0 Å². The molecule has 1 N–H and O–H groups in total. The van der Waals surface area contributed by atoms with E-state index in [1.165, 1.54) is 43.4 Å². The Morgan fingerprint density at radius 1 is 1.21 bits per heavy atom. The maximum atomic E-state index is 4.33. The van der Waals surface area contributed by atoms with Gasteiger partial charge in [-0.3, -0.25) is 4.98 Å². The Kier molecular flexibility index (Phi) is 4.02. The quantitative estimate of drug-likeness (QED) is 0.885. The molecule has 1 atom stereocenters. The van der Waals surface area contributed by atoms with E-state index in [-0.39, 0.29) is 0 Å². The maximum Gasteiger partial charge on any atom is 0.0556 e. The Balaban J connectivity index is 1.67. The van der Waals surface area contributed by atoms with E-state index in [1.54, 1.807) is 0 Å². The number of hydrogen-bond donors (Lipinski definition) is 1. The van der Waals surface area contributed by atoms with E-state index in [2.05, 4.69) is 28.2 Å². The third kappa shape index (κ3) is 3.08. The first-order valence-corrected chi connectivity index (χ1v) is 7.73. The normalized spacial score (nSPS) is 25.5. The van der Waals surface area contributed by atoms with Gasteiger partial charge >= 0.3 is 0 Å². The lowest BCUT2D eigenvalue weighted by molar-refractivity contribution is 0.257. The number of anilines is 1. The highest BCUT2D eigenvalue weighted by atomic mass is 15.2. The highest BCUT2D eigenvalue weighted by Crippen LogP contribution is 2.28. The molecule has 2 heterocycles. The van der Waals surface area contributed by atoms with Crippen LogP contribution in [0.1, 0.15) is 37.7 Å². The average molecular weight is 259 g/mol. The molecule has 1 aliphatic heterocycles. The summed E-state index contributed by atoms with van der Waals surface area (Å²) in [6.07, 6.45) is 11.1. The second-order valence-corrected chi connectivity index (χ2v) is 6.13. The van der Waals surface area contributed by atoms with Gasteiger partial charge in [0.15, 0.2) is 0 Å². The fourth-order valence-electron chi connectivity index (χ4n) is 3.58. The van der Waals surface area contributed by atoms with E-state index in [1.807, 2.05) is 12.4 Å². The van der Waals surface area contributed by atoms with Gasteiger partial charge in [0.2, 0.25) is 0 Å². The van der Waals surface area contributed by atoms with Crippen molar-refractivity contribution in [2.45, 2.75) is 45.1 Å². The van der Waals surface area contributed by atoms with Crippen LogP contribution in [0, 0.1) is 12.8 Å². The van der Waals surface area contributed by atoms with Crippen molar-refractivity contribution in [2.24, 2.45) is 5.92 Å². The number of pyridine rings is 1. The van der Waals surface area contributed by atoms with Crippen LogP contribution in [-0.2, 0) is 0 Å². The monoisotopic (exact) mass is 259 g/mol. The molecule has 2 aliphatic rings. The van der Waals surface area contributed by atoms with E-state index in [0.717, 1.165) is 25.6 Å². The van der Waals surface area contributed by atoms with Crippen LogP contribution in [0.5, 0.6) is 0 Å². The second kappa shape index (κ2) is 5.91. The van der Waals surface area contributed by atoms with Crippen molar-refractivity contribution in [2.75, 3.05) is 24.5 Å². The summed E-state index contributed by atoms with van der Waals surface area (Å²) in [6.45, 7) is 5.48. The summed E-state index contributed by atoms with van der Waals surface area (Å²) in [7, 11) is 0. The Hall–Kier alpha value is -1.09. The van der Waals surface area contributed by atoms with Crippen LogP contribution in [0.4, 0.5) is 5.69 Å². The van der Waals surface area contributed by atoms with Crippen molar-refractivity contribution >= 4 is 5.69 Å². The number of nitrogens with zero attached hydrogens (tertiary/aromatic N) is 2. The van der Waals surface area contributed by atoms with Crippen molar-refractivity contribution < 1.29 is 0 Å². The molecule has 1 aromatic rings. The molecule has 0 spiro atoms. The molecule has 1 unspecified atom stereocenters. The van der Waals surface area contributed by atoms with Gasteiger partial charge in [0, 0.05) is 31.9 Å². The van der Waals surface area contributed by atoms with Crippen LogP contribution in [0.25, 0.3) is 0 Å². The summed E-state index contributed by atoms with van der Waals surface area (Å²) in [6, 6.07) is 2.94. The predicted octanol–water partition coefficient (Wildman–Crippen LogP) is 2.75. The largest absolute Gasteiger partial charge is 0.367 e. The Morgan fingerprint density at radius 2 is 2.05 bits per heavy atom. The molecule has 3 heteroatoms. The van der Waals surface area contributed by atoms with Crippen LogP contribution >= 0.6 is 0 Å². The molecule has 104 valence electrons. The fourth-order valence-corrected chi connectivity index (χ4v) is 3.58. The van der Waals surface area contributed by atoms with Crippen LogP contribution in [-0.4, -0.2) is 30.7 Å². The molecule has 1 saturated carbocycles. The van der Waals surface area contributed by atoms with Gasteiger partial charge in [-0.15, -0.1) is 0 Å². The van der Waals surface area contributed by atoms with E-state index < -0.39 is 0 Å². The molecule has 3 rings (SSSR count). The van der Waals surface area contributed by atoms with E-state index >= 15 is 0 Å². The Morgan fingerprint density at radius 3 is 2.84 bits per heavy atom. The minimum Gasteiger partial charge on any atom is -0.367 e. The van der Waals surface area contributed by atoms with Gasteiger partial charge in [-0.1, -0.05) is 19.3 Å². The van der Waals surface area contributed by atoms with Crippen molar-refractivity contribution in [3.8, 4) is 0 Å². The smallest absolute Gasteiger partial charge is 0.0556 e. The SMILES string of the molecule is Cc1cncc(N2CCNC(C3CCCCC3)C2)c1. The predicted molar refractivity (Wildman–Crippen MR) is 79.6 cm³/mol. The zero-order valence-corrected chi connectivity index (χ0v) is 11.9. The third-order valence-corrected chi connectivity index (χ3v) is 4.65.